The standard InChI is InChI=1S/C22H24ClNO7S/c1-3-30-21(27)11-20(26)24-15-8-13(2)22(17(23)9-15)31-16-6-7-18(25)19(10-16)32(28,29)12-14-4-5-14/h6-10,14,25H,3-5,11-12H2,1-2H3,(H,24,26). The van der Waals surface area contributed by atoms with Crippen molar-refractivity contribution in [2.75, 3.05) is 17.7 Å². The molecule has 0 radical (unpaired) electrons. The number of halogens is 1. The van der Waals surface area contributed by atoms with Gasteiger partial charge < -0.3 is 19.9 Å². The SMILES string of the molecule is CCOC(=O)CC(=O)Nc1cc(C)c(Oc2ccc(O)c(S(=O)(=O)CC3CC3)c2)c(Cl)c1. The molecule has 2 aromatic carbocycles. The first-order chi connectivity index (χ1) is 15.1. The fourth-order valence-electron chi connectivity index (χ4n) is 3.09. The van der Waals surface area contributed by atoms with Gasteiger partial charge in [-0.1, -0.05) is 11.6 Å². The number of benzene rings is 2. The number of aromatic hydroxyl groups is 1. The van der Waals surface area contributed by atoms with Gasteiger partial charge in [-0.2, -0.15) is 0 Å². The topological polar surface area (TPSA) is 119 Å². The molecule has 0 aromatic heterocycles. The van der Waals surface area contributed by atoms with E-state index in [2.05, 4.69) is 5.32 Å². The number of esters is 1. The Hall–Kier alpha value is -2.78. The minimum atomic E-state index is -3.65. The van der Waals surface area contributed by atoms with Gasteiger partial charge in [0.1, 0.15) is 28.6 Å². The van der Waals surface area contributed by atoms with Crippen molar-refractivity contribution in [2.45, 2.75) is 38.0 Å². The summed E-state index contributed by atoms with van der Waals surface area (Å²) in [6.07, 6.45) is 1.32. The van der Waals surface area contributed by atoms with Crippen LogP contribution >= 0.6 is 11.6 Å². The maximum atomic E-state index is 12.6. The van der Waals surface area contributed by atoms with E-state index in [0.29, 0.717) is 11.3 Å². The summed E-state index contributed by atoms with van der Waals surface area (Å²) in [6.45, 7) is 3.54. The van der Waals surface area contributed by atoms with Gasteiger partial charge in [0.05, 0.1) is 17.4 Å². The van der Waals surface area contributed by atoms with Crippen LogP contribution in [-0.2, 0) is 24.2 Å². The molecule has 32 heavy (non-hydrogen) atoms. The molecule has 1 aliphatic carbocycles. The number of carbonyl (C=O) groups is 2. The summed E-state index contributed by atoms with van der Waals surface area (Å²) in [5, 5.41) is 12.8. The Morgan fingerprint density at radius 3 is 2.56 bits per heavy atom. The third-order valence-electron chi connectivity index (χ3n) is 4.76. The molecule has 0 atom stereocenters. The van der Waals surface area contributed by atoms with Crippen LogP contribution in [0.1, 0.15) is 31.7 Å². The van der Waals surface area contributed by atoms with Crippen LogP contribution in [0.3, 0.4) is 0 Å². The lowest BCUT2D eigenvalue weighted by atomic mass is 10.2. The number of phenols is 1. The Morgan fingerprint density at radius 1 is 1.22 bits per heavy atom. The van der Waals surface area contributed by atoms with E-state index in [1.165, 1.54) is 24.3 Å². The number of phenolic OH excluding ortho intramolecular Hbond substituents is 1. The second-order valence-corrected chi connectivity index (χ2v) is 10.0. The molecule has 0 spiro atoms. The maximum Gasteiger partial charge on any atom is 0.315 e. The highest BCUT2D eigenvalue weighted by atomic mass is 35.5. The number of sulfone groups is 1. The minimum absolute atomic E-state index is 0.00993. The molecular formula is C22H24ClNO7S. The number of carbonyl (C=O) groups excluding carboxylic acids is 2. The summed E-state index contributed by atoms with van der Waals surface area (Å²) >= 11 is 6.33. The molecule has 2 N–H and O–H groups in total. The van der Waals surface area contributed by atoms with Crippen molar-refractivity contribution < 1.29 is 32.6 Å². The highest BCUT2D eigenvalue weighted by Gasteiger charge is 2.31. The summed E-state index contributed by atoms with van der Waals surface area (Å²) in [7, 11) is -3.65. The maximum absolute atomic E-state index is 12.6. The number of hydrogen-bond acceptors (Lipinski definition) is 7. The fraction of sp³-hybridized carbons (Fsp3) is 0.364. The normalized spacial score (nSPS) is 13.5. The van der Waals surface area contributed by atoms with E-state index >= 15 is 0 Å². The Morgan fingerprint density at radius 2 is 1.94 bits per heavy atom. The van der Waals surface area contributed by atoms with Crippen molar-refractivity contribution in [1.82, 2.24) is 0 Å². The summed E-state index contributed by atoms with van der Waals surface area (Å²) in [5.41, 5.74) is 0.937. The predicted molar refractivity (Wildman–Crippen MR) is 119 cm³/mol. The average Bonchev–Trinajstić information content (AvgIpc) is 3.49. The zero-order chi connectivity index (χ0) is 23.5. The van der Waals surface area contributed by atoms with Crippen LogP contribution in [-0.4, -0.2) is 37.8 Å². The number of rotatable bonds is 9. The zero-order valence-corrected chi connectivity index (χ0v) is 19.3. The molecule has 3 rings (SSSR count). The molecule has 0 saturated heterocycles. The van der Waals surface area contributed by atoms with E-state index in [9.17, 15) is 23.1 Å². The van der Waals surface area contributed by atoms with Gasteiger partial charge in [0.2, 0.25) is 5.91 Å². The summed E-state index contributed by atoms with van der Waals surface area (Å²) in [5.74, 6) is -0.922. The van der Waals surface area contributed by atoms with Gasteiger partial charge in [-0.3, -0.25) is 9.59 Å². The summed E-state index contributed by atoms with van der Waals surface area (Å²) in [6, 6.07) is 7.05. The third-order valence-corrected chi connectivity index (χ3v) is 6.95. The van der Waals surface area contributed by atoms with Crippen molar-refractivity contribution in [1.29, 1.82) is 0 Å². The second kappa shape index (κ2) is 9.79. The highest BCUT2D eigenvalue weighted by molar-refractivity contribution is 7.91. The van der Waals surface area contributed by atoms with Gasteiger partial charge in [-0.05, 0) is 62.4 Å². The van der Waals surface area contributed by atoms with Crippen molar-refractivity contribution in [3.05, 3.63) is 40.9 Å². The molecule has 0 bridgehead atoms. The lowest BCUT2D eigenvalue weighted by Crippen LogP contribution is -2.18. The van der Waals surface area contributed by atoms with E-state index in [1.807, 2.05) is 0 Å². The van der Waals surface area contributed by atoms with E-state index in [-0.39, 0.29) is 45.4 Å². The molecule has 2 aromatic rings. The lowest BCUT2D eigenvalue weighted by molar-refractivity contribution is -0.145. The van der Waals surface area contributed by atoms with E-state index in [0.717, 1.165) is 12.8 Å². The van der Waals surface area contributed by atoms with E-state index in [4.69, 9.17) is 21.1 Å². The summed E-state index contributed by atoms with van der Waals surface area (Å²) in [4.78, 5) is 23.2. The molecule has 1 saturated carbocycles. The van der Waals surface area contributed by atoms with Crippen molar-refractivity contribution in [3.8, 4) is 17.2 Å². The quantitative estimate of drug-likeness (QED) is 0.406. The van der Waals surface area contributed by atoms with Gasteiger partial charge in [0, 0.05) is 11.8 Å². The van der Waals surface area contributed by atoms with Gasteiger partial charge in [0.15, 0.2) is 9.84 Å². The second-order valence-electron chi connectivity index (χ2n) is 7.59. The monoisotopic (exact) mass is 481 g/mol. The fourth-order valence-corrected chi connectivity index (χ4v) is 5.21. The number of nitrogens with one attached hydrogen (secondary N) is 1. The van der Waals surface area contributed by atoms with Crippen molar-refractivity contribution in [2.24, 2.45) is 5.92 Å². The summed E-state index contributed by atoms with van der Waals surface area (Å²) < 4.78 is 35.7. The smallest absolute Gasteiger partial charge is 0.315 e. The minimum Gasteiger partial charge on any atom is -0.507 e. The van der Waals surface area contributed by atoms with Crippen LogP contribution in [0, 0.1) is 12.8 Å². The Labute approximate surface area is 191 Å². The van der Waals surface area contributed by atoms with Crippen LogP contribution in [0.25, 0.3) is 0 Å². The molecular weight excluding hydrogens is 458 g/mol. The molecule has 10 heteroatoms. The zero-order valence-electron chi connectivity index (χ0n) is 17.7. The molecule has 0 unspecified atom stereocenters. The number of hydrogen-bond donors (Lipinski definition) is 2. The van der Waals surface area contributed by atoms with Gasteiger partial charge >= 0.3 is 5.97 Å². The van der Waals surface area contributed by atoms with Gasteiger partial charge in [-0.25, -0.2) is 8.42 Å². The first-order valence-electron chi connectivity index (χ1n) is 10.1. The average molecular weight is 482 g/mol. The van der Waals surface area contributed by atoms with Crippen LogP contribution in [0.2, 0.25) is 5.02 Å². The lowest BCUT2D eigenvalue weighted by Gasteiger charge is -2.14. The predicted octanol–water partition coefficient (Wildman–Crippen LogP) is 4.22. The van der Waals surface area contributed by atoms with Crippen molar-refractivity contribution >= 4 is 39.0 Å². The van der Waals surface area contributed by atoms with Gasteiger partial charge in [-0.15, -0.1) is 0 Å². The first kappa shape index (κ1) is 23.9. The molecule has 1 fully saturated rings. The molecule has 1 aliphatic rings. The molecule has 8 nitrogen and oxygen atoms in total. The van der Waals surface area contributed by atoms with Gasteiger partial charge in [0.25, 0.3) is 0 Å². The van der Waals surface area contributed by atoms with Crippen LogP contribution in [0.5, 0.6) is 17.2 Å². The van der Waals surface area contributed by atoms with E-state index < -0.39 is 28.1 Å². The van der Waals surface area contributed by atoms with Crippen LogP contribution in [0.4, 0.5) is 5.69 Å². The van der Waals surface area contributed by atoms with Crippen LogP contribution in [0.15, 0.2) is 35.2 Å². The van der Waals surface area contributed by atoms with Crippen molar-refractivity contribution in [3.63, 3.8) is 0 Å². The number of aryl methyl sites for hydroxylation is 1. The molecule has 0 heterocycles. The van der Waals surface area contributed by atoms with E-state index in [1.54, 1.807) is 19.9 Å². The molecule has 0 aliphatic heterocycles. The number of amides is 1. The Balaban J connectivity index is 1.77. The largest absolute Gasteiger partial charge is 0.507 e. The highest BCUT2D eigenvalue weighted by Crippen LogP contribution is 2.39. The number of ether oxygens (including phenoxy) is 2. The third kappa shape index (κ3) is 6.14. The molecule has 1 amide bonds. The number of anilines is 1. The Kier molecular flexibility index (Phi) is 7.30. The first-order valence-corrected chi connectivity index (χ1v) is 12.1. The molecule has 172 valence electrons. The van der Waals surface area contributed by atoms with Crippen LogP contribution < -0.4 is 10.1 Å². The Bertz CT molecular complexity index is 1120.